The second-order valence-corrected chi connectivity index (χ2v) is 5.31. The third-order valence-corrected chi connectivity index (χ3v) is 3.13. The summed E-state index contributed by atoms with van der Waals surface area (Å²) >= 11 is 3.64. The highest BCUT2D eigenvalue weighted by Crippen LogP contribution is 2.26. The van der Waals surface area contributed by atoms with Gasteiger partial charge < -0.3 is 4.74 Å². The standard InChI is InChI=1S/C10H21BrO/c1-7(2)10(9(4)11)6-8(3)12-5/h7-10H,6H2,1-5H3. The highest BCUT2D eigenvalue weighted by atomic mass is 79.9. The third kappa shape index (κ3) is 4.46. The monoisotopic (exact) mass is 236 g/mol. The molecule has 0 fully saturated rings. The first-order chi connectivity index (χ1) is 5.49. The summed E-state index contributed by atoms with van der Waals surface area (Å²) in [4.78, 5) is 0.579. The van der Waals surface area contributed by atoms with E-state index in [1.54, 1.807) is 7.11 Å². The minimum absolute atomic E-state index is 0.373. The molecular weight excluding hydrogens is 216 g/mol. The second kappa shape index (κ2) is 5.98. The van der Waals surface area contributed by atoms with E-state index in [9.17, 15) is 0 Å². The smallest absolute Gasteiger partial charge is 0.0546 e. The molecule has 0 amide bonds. The van der Waals surface area contributed by atoms with Crippen LogP contribution in [-0.4, -0.2) is 18.0 Å². The first-order valence-electron chi connectivity index (χ1n) is 4.65. The molecule has 0 aliphatic heterocycles. The normalized spacial score (nSPS) is 19.2. The molecule has 3 unspecified atom stereocenters. The lowest BCUT2D eigenvalue weighted by atomic mass is 9.88. The van der Waals surface area contributed by atoms with Crippen LogP contribution in [0.15, 0.2) is 0 Å². The van der Waals surface area contributed by atoms with E-state index in [4.69, 9.17) is 4.74 Å². The summed E-state index contributed by atoms with van der Waals surface area (Å²) in [6.07, 6.45) is 1.51. The predicted molar refractivity (Wildman–Crippen MR) is 57.8 cm³/mol. The van der Waals surface area contributed by atoms with Crippen LogP contribution in [0.5, 0.6) is 0 Å². The minimum atomic E-state index is 0.373. The number of rotatable bonds is 5. The van der Waals surface area contributed by atoms with Crippen molar-refractivity contribution < 1.29 is 4.74 Å². The van der Waals surface area contributed by atoms with E-state index in [2.05, 4.69) is 43.6 Å². The van der Waals surface area contributed by atoms with Gasteiger partial charge in [0.25, 0.3) is 0 Å². The molecule has 0 bridgehead atoms. The van der Waals surface area contributed by atoms with Crippen molar-refractivity contribution in [3.63, 3.8) is 0 Å². The topological polar surface area (TPSA) is 9.23 Å². The fraction of sp³-hybridized carbons (Fsp3) is 1.00. The van der Waals surface area contributed by atoms with Crippen LogP contribution in [0.3, 0.4) is 0 Å². The molecule has 0 rings (SSSR count). The Bertz CT molecular complexity index is 104. The third-order valence-electron chi connectivity index (χ3n) is 2.45. The first-order valence-corrected chi connectivity index (χ1v) is 5.57. The van der Waals surface area contributed by atoms with Gasteiger partial charge in [0, 0.05) is 11.9 Å². The van der Waals surface area contributed by atoms with E-state index in [1.165, 1.54) is 0 Å². The van der Waals surface area contributed by atoms with E-state index in [0.29, 0.717) is 16.8 Å². The Labute approximate surface area is 85.0 Å². The molecule has 0 saturated heterocycles. The summed E-state index contributed by atoms with van der Waals surface area (Å²) in [6, 6.07) is 0. The molecule has 0 aliphatic carbocycles. The molecule has 0 saturated carbocycles. The van der Waals surface area contributed by atoms with Gasteiger partial charge in [0.05, 0.1) is 6.10 Å². The summed E-state index contributed by atoms with van der Waals surface area (Å²) in [5.41, 5.74) is 0. The molecule has 1 nitrogen and oxygen atoms in total. The fourth-order valence-corrected chi connectivity index (χ4v) is 2.30. The van der Waals surface area contributed by atoms with Gasteiger partial charge in [-0.25, -0.2) is 0 Å². The maximum absolute atomic E-state index is 5.26. The average Bonchev–Trinajstić information content (AvgIpc) is 1.98. The predicted octanol–water partition coefficient (Wildman–Crippen LogP) is 3.47. The lowest BCUT2D eigenvalue weighted by molar-refractivity contribution is 0.0872. The van der Waals surface area contributed by atoms with Crippen LogP contribution >= 0.6 is 15.9 Å². The first kappa shape index (κ1) is 12.4. The largest absolute Gasteiger partial charge is 0.382 e. The summed E-state index contributed by atoms with van der Waals surface area (Å²) in [7, 11) is 1.78. The van der Waals surface area contributed by atoms with Crippen molar-refractivity contribution >= 4 is 15.9 Å². The van der Waals surface area contributed by atoms with E-state index >= 15 is 0 Å². The number of hydrogen-bond acceptors (Lipinski definition) is 1. The summed E-state index contributed by atoms with van der Waals surface area (Å²) in [5.74, 6) is 1.43. The molecule has 2 heteroatoms. The Balaban J connectivity index is 3.95. The van der Waals surface area contributed by atoms with Crippen molar-refractivity contribution in [2.24, 2.45) is 11.8 Å². The van der Waals surface area contributed by atoms with Crippen LogP contribution < -0.4 is 0 Å². The Morgan fingerprint density at radius 2 is 1.67 bits per heavy atom. The molecule has 0 aliphatic rings. The van der Waals surface area contributed by atoms with Gasteiger partial charge in [-0.2, -0.15) is 0 Å². The highest BCUT2D eigenvalue weighted by Gasteiger charge is 2.20. The molecule has 0 N–H and O–H groups in total. The molecule has 0 spiro atoms. The lowest BCUT2D eigenvalue weighted by Crippen LogP contribution is -2.23. The van der Waals surface area contributed by atoms with Gasteiger partial charge in [0.2, 0.25) is 0 Å². The van der Waals surface area contributed by atoms with Gasteiger partial charge in [-0.1, -0.05) is 36.7 Å². The lowest BCUT2D eigenvalue weighted by Gasteiger charge is -2.26. The number of hydrogen-bond donors (Lipinski definition) is 0. The van der Waals surface area contributed by atoms with Gasteiger partial charge in [-0.05, 0) is 25.2 Å². The second-order valence-electron chi connectivity index (χ2n) is 3.87. The summed E-state index contributed by atoms with van der Waals surface area (Å²) < 4.78 is 5.26. The van der Waals surface area contributed by atoms with Crippen molar-refractivity contribution in [3.8, 4) is 0 Å². The maximum atomic E-state index is 5.26. The average molecular weight is 237 g/mol. The van der Waals surface area contributed by atoms with E-state index in [0.717, 1.165) is 12.3 Å². The van der Waals surface area contributed by atoms with E-state index in [-0.39, 0.29) is 0 Å². The van der Waals surface area contributed by atoms with Gasteiger partial charge >= 0.3 is 0 Å². The summed E-state index contributed by atoms with van der Waals surface area (Å²) in [6.45, 7) is 8.88. The molecular formula is C10H21BrO. The number of halogens is 1. The zero-order valence-corrected chi connectivity index (χ0v) is 10.4. The molecule has 0 radical (unpaired) electrons. The van der Waals surface area contributed by atoms with Gasteiger partial charge in [-0.3, -0.25) is 0 Å². The van der Waals surface area contributed by atoms with Crippen LogP contribution in [0.1, 0.15) is 34.1 Å². The molecule has 74 valence electrons. The molecule has 0 aromatic heterocycles. The quantitative estimate of drug-likeness (QED) is 0.665. The van der Waals surface area contributed by atoms with E-state index in [1.807, 2.05) is 0 Å². The Kier molecular flexibility index (Phi) is 6.20. The van der Waals surface area contributed by atoms with Gasteiger partial charge in [-0.15, -0.1) is 0 Å². The van der Waals surface area contributed by atoms with Crippen LogP contribution in [0, 0.1) is 11.8 Å². The molecule has 0 heterocycles. The SMILES string of the molecule is COC(C)CC(C(C)C)C(C)Br. The number of ether oxygens (including phenoxy) is 1. The van der Waals surface area contributed by atoms with Crippen molar-refractivity contribution in [2.45, 2.75) is 45.0 Å². The minimum Gasteiger partial charge on any atom is -0.382 e. The molecule has 0 aromatic rings. The number of alkyl halides is 1. The molecule has 3 atom stereocenters. The Morgan fingerprint density at radius 3 is 1.92 bits per heavy atom. The maximum Gasteiger partial charge on any atom is 0.0546 e. The zero-order chi connectivity index (χ0) is 9.72. The van der Waals surface area contributed by atoms with E-state index < -0.39 is 0 Å². The fourth-order valence-electron chi connectivity index (χ4n) is 1.47. The van der Waals surface area contributed by atoms with Crippen molar-refractivity contribution in [2.75, 3.05) is 7.11 Å². The van der Waals surface area contributed by atoms with Gasteiger partial charge in [0.1, 0.15) is 0 Å². The van der Waals surface area contributed by atoms with Crippen molar-refractivity contribution in [3.05, 3.63) is 0 Å². The van der Waals surface area contributed by atoms with Crippen molar-refractivity contribution in [1.29, 1.82) is 0 Å². The van der Waals surface area contributed by atoms with Crippen molar-refractivity contribution in [1.82, 2.24) is 0 Å². The van der Waals surface area contributed by atoms with Crippen LogP contribution in [-0.2, 0) is 4.74 Å². The molecule has 12 heavy (non-hydrogen) atoms. The Morgan fingerprint density at radius 1 is 1.17 bits per heavy atom. The zero-order valence-electron chi connectivity index (χ0n) is 8.80. The number of methoxy groups -OCH3 is 1. The highest BCUT2D eigenvalue weighted by molar-refractivity contribution is 9.09. The van der Waals surface area contributed by atoms with Crippen LogP contribution in [0.25, 0.3) is 0 Å². The van der Waals surface area contributed by atoms with Crippen LogP contribution in [0.4, 0.5) is 0 Å². The van der Waals surface area contributed by atoms with Gasteiger partial charge in [0.15, 0.2) is 0 Å². The Hall–Kier alpha value is 0.440. The summed E-state index contributed by atoms with van der Waals surface area (Å²) in [5, 5.41) is 0. The molecule has 0 aromatic carbocycles. The van der Waals surface area contributed by atoms with Crippen LogP contribution in [0.2, 0.25) is 0 Å².